The molecule has 0 atom stereocenters. The smallest absolute Gasteiger partial charge is 0.126 e. The van der Waals surface area contributed by atoms with Crippen LogP contribution in [0.25, 0.3) is 0 Å². The maximum absolute atomic E-state index is 5.03. The van der Waals surface area contributed by atoms with Gasteiger partial charge in [0.05, 0.1) is 5.69 Å². The molecule has 0 unspecified atom stereocenters. The molecule has 1 N–H and O–H groups in total. The zero-order valence-corrected chi connectivity index (χ0v) is 10.4. The average molecular weight is 223 g/mol. The second-order valence-electron chi connectivity index (χ2n) is 3.85. The highest BCUT2D eigenvalue weighted by Gasteiger charge is 2.01. The summed E-state index contributed by atoms with van der Waals surface area (Å²) in [5.74, 6) is 0.919. The molecule has 0 saturated carbocycles. The number of hydrogen-bond acceptors (Lipinski definition) is 4. The highest BCUT2D eigenvalue weighted by Crippen LogP contribution is 2.06. The monoisotopic (exact) mass is 223 g/mol. The van der Waals surface area contributed by atoms with Crippen LogP contribution in [-0.2, 0) is 11.3 Å². The third kappa shape index (κ3) is 4.59. The lowest BCUT2D eigenvalue weighted by Gasteiger charge is -2.16. The van der Waals surface area contributed by atoms with Gasteiger partial charge in [-0.15, -0.1) is 0 Å². The molecule has 0 fully saturated rings. The van der Waals surface area contributed by atoms with Crippen LogP contribution in [0.2, 0.25) is 0 Å². The van der Waals surface area contributed by atoms with Crippen LogP contribution in [0.1, 0.15) is 12.1 Å². The second-order valence-corrected chi connectivity index (χ2v) is 3.85. The molecule has 0 aliphatic heterocycles. The van der Waals surface area contributed by atoms with Crippen molar-refractivity contribution in [2.24, 2.45) is 0 Å². The van der Waals surface area contributed by atoms with E-state index < -0.39 is 0 Å². The Morgan fingerprint density at radius 3 is 2.94 bits per heavy atom. The van der Waals surface area contributed by atoms with Crippen molar-refractivity contribution in [2.75, 3.05) is 39.7 Å². The van der Waals surface area contributed by atoms with Crippen LogP contribution < -0.4 is 5.32 Å². The Bertz CT molecular complexity index is 304. The highest BCUT2D eigenvalue weighted by molar-refractivity contribution is 5.34. The average Bonchev–Trinajstić information content (AvgIpc) is 2.29. The molecule has 0 aliphatic rings. The molecule has 16 heavy (non-hydrogen) atoms. The maximum Gasteiger partial charge on any atom is 0.126 e. The van der Waals surface area contributed by atoms with Gasteiger partial charge in [-0.25, -0.2) is 4.98 Å². The van der Waals surface area contributed by atoms with Crippen LogP contribution in [0.4, 0.5) is 5.82 Å². The maximum atomic E-state index is 5.03. The molecular formula is C12H21N3O. The molecule has 0 aromatic carbocycles. The lowest BCUT2D eigenvalue weighted by molar-refractivity contribution is 0.178. The third-order valence-electron chi connectivity index (χ3n) is 2.38. The van der Waals surface area contributed by atoms with Crippen LogP contribution in [-0.4, -0.2) is 44.2 Å². The van der Waals surface area contributed by atoms with Crippen molar-refractivity contribution in [1.82, 2.24) is 9.88 Å². The van der Waals surface area contributed by atoms with E-state index in [4.69, 9.17) is 4.74 Å². The second kappa shape index (κ2) is 7.19. The van der Waals surface area contributed by atoms with E-state index in [9.17, 15) is 0 Å². The van der Waals surface area contributed by atoms with Gasteiger partial charge < -0.3 is 15.0 Å². The van der Waals surface area contributed by atoms with Crippen molar-refractivity contribution >= 4 is 5.82 Å². The first-order valence-corrected chi connectivity index (χ1v) is 5.57. The Morgan fingerprint density at radius 2 is 2.25 bits per heavy atom. The van der Waals surface area contributed by atoms with E-state index in [1.807, 2.05) is 25.2 Å². The highest BCUT2D eigenvalue weighted by atomic mass is 16.5. The summed E-state index contributed by atoms with van der Waals surface area (Å²) in [4.78, 5) is 6.73. The van der Waals surface area contributed by atoms with Crippen LogP contribution in [0, 0.1) is 0 Å². The van der Waals surface area contributed by atoms with Crippen LogP contribution >= 0.6 is 0 Å². The Balaban J connectivity index is 2.39. The summed E-state index contributed by atoms with van der Waals surface area (Å²) in [5, 5.41) is 3.04. The van der Waals surface area contributed by atoms with Gasteiger partial charge in [0, 0.05) is 33.9 Å². The molecule has 0 radical (unpaired) electrons. The van der Waals surface area contributed by atoms with E-state index in [1.54, 1.807) is 7.11 Å². The molecule has 0 amide bonds. The number of rotatable bonds is 7. The van der Waals surface area contributed by atoms with Crippen molar-refractivity contribution in [1.29, 1.82) is 0 Å². The van der Waals surface area contributed by atoms with E-state index >= 15 is 0 Å². The van der Waals surface area contributed by atoms with Gasteiger partial charge in [0.1, 0.15) is 5.82 Å². The van der Waals surface area contributed by atoms with Gasteiger partial charge in [-0.05, 0) is 25.6 Å². The fourth-order valence-corrected chi connectivity index (χ4v) is 1.54. The molecule has 1 heterocycles. The molecule has 90 valence electrons. The van der Waals surface area contributed by atoms with E-state index in [1.165, 1.54) is 0 Å². The Hall–Kier alpha value is -1.13. The molecule has 4 heteroatoms. The molecule has 0 spiro atoms. The number of anilines is 1. The SMILES string of the molecule is CNc1cccc(CN(C)CCCOC)n1. The summed E-state index contributed by atoms with van der Waals surface area (Å²) in [6, 6.07) is 6.04. The molecule has 0 saturated heterocycles. The fraction of sp³-hybridized carbons (Fsp3) is 0.583. The number of nitrogens with one attached hydrogen (secondary N) is 1. The van der Waals surface area contributed by atoms with Gasteiger partial charge in [-0.3, -0.25) is 0 Å². The Kier molecular flexibility index (Phi) is 5.82. The minimum absolute atomic E-state index is 0.814. The van der Waals surface area contributed by atoms with Crippen LogP contribution in [0.15, 0.2) is 18.2 Å². The predicted octanol–water partition coefficient (Wildman–Crippen LogP) is 1.59. The zero-order chi connectivity index (χ0) is 11.8. The topological polar surface area (TPSA) is 37.4 Å². The van der Waals surface area contributed by atoms with Crippen molar-refractivity contribution < 1.29 is 4.74 Å². The minimum atomic E-state index is 0.814. The fourth-order valence-electron chi connectivity index (χ4n) is 1.54. The summed E-state index contributed by atoms with van der Waals surface area (Å²) in [7, 11) is 5.72. The van der Waals surface area contributed by atoms with Gasteiger partial charge in [0.2, 0.25) is 0 Å². The number of hydrogen-bond donors (Lipinski definition) is 1. The zero-order valence-electron chi connectivity index (χ0n) is 10.4. The molecule has 1 aromatic heterocycles. The summed E-state index contributed by atoms with van der Waals surface area (Å²) >= 11 is 0. The third-order valence-corrected chi connectivity index (χ3v) is 2.38. The lowest BCUT2D eigenvalue weighted by Crippen LogP contribution is -2.20. The Morgan fingerprint density at radius 1 is 1.44 bits per heavy atom. The summed E-state index contributed by atoms with van der Waals surface area (Å²) in [6.45, 7) is 2.72. The first kappa shape index (κ1) is 12.9. The number of methoxy groups -OCH3 is 1. The van der Waals surface area contributed by atoms with Crippen molar-refractivity contribution in [3.8, 4) is 0 Å². The quantitative estimate of drug-likeness (QED) is 0.712. The number of ether oxygens (including phenoxy) is 1. The van der Waals surface area contributed by atoms with Crippen LogP contribution in [0.5, 0.6) is 0 Å². The Labute approximate surface area is 97.6 Å². The van der Waals surface area contributed by atoms with E-state index in [0.29, 0.717) is 0 Å². The summed E-state index contributed by atoms with van der Waals surface area (Å²) < 4.78 is 5.03. The number of nitrogens with zero attached hydrogens (tertiary/aromatic N) is 2. The van der Waals surface area contributed by atoms with Gasteiger partial charge in [0.25, 0.3) is 0 Å². The summed E-state index contributed by atoms with van der Waals surface area (Å²) in [5.41, 5.74) is 1.09. The lowest BCUT2D eigenvalue weighted by atomic mass is 10.3. The van der Waals surface area contributed by atoms with Crippen molar-refractivity contribution in [3.05, 3.63) is 23.9 Å². The molecule has 1 aromatic rings. The number of pyridine rings is 1. The first-order chi connectivity index (χ1) is 7.76. The normalized spacial score (nSPS) is 10.8. The molecule has 1 rings (SSSR count). The van der Waals surface area contributed by atoms with Crippen molar-refractivity contribution in [2.45, 2.75) is 13.0 Å². The van der Waals surface area contributed by atoms with Gasteiger partial charge in [-0.2, -0.15) is 0 Å². The van der Waals surface area contributed by atoms with Gasteiger partial charge >= 0.3 is 0 Å². The minimum Gasteiger partial charge on any atom is -0.385 e. The van der Waals surface area contributed by atoms with E-state index in [2.05, 4.69) is 22.2 Å². The summed E-state index contributed by atoms with van der Waals surface area (Å²) in [6.07, 6.45) is 1.05. The standard InChI is InChI=1S/C12H21N3O/c1-13-12-7-4-6-11(14-12)10-15(2)8-5-9-16-3/h4,6-7H,5,8-10H2,1-3H3,(H,13,14). The molecular weight excluding hydrogens is 202 g/mol. The van der Waals surface area contributed by atoms with E-state index in [0.717, 1.165) is 37.6 Å². The van der Waals surface area contributed by atoms with Crippen molar-refractivity contribution in [3.63, 3.8) is 0 Å². The predicted molar refractivity (Wildman–Crippen MR) is 66.6 cm³/mol. The number of aromatic nitrogens is 1. The van der Waals surface area contributed by atoms with Crippen LogP contribution in [0.3, 0.4) is 0 Å². The van der Waals surface area contributed by atoms with Gasteiger partial charge in [-0.1, -0.05) is 6.07 Å². The van der Waals surface area contributed by atoms with E-state index in [-0.39, 0.29) is 0 Å². The first-order valence-electron chi connectivity index (χ1n) is 5.57. The van der Waals surface area contributed by atoms with Gasteiger partial charge in [0.15, 0.2) is 0 Å². The molecule has 4 nitrogen and oxygen atoms in total. The largest absolute Gasteiger partial charge is 0.385 e. The molecule has 0 bridgehead atoms. The molecule has 0 aliphatic carbocycles.